The second-order valence-corrected chi connectivity index (χ2v) is 18.0. The van der Waals surface area contributed by atoms with Crippen LogP contribution in [0.25, 0.3) is 15.9 Å². The highest BCUT2D eigenvalue weighted by Gasteiger charge is 2.48. The molecule has 16 heteroatoms. The highest BCUT2D eigenvalue weighted by atomic mass is 32.1. The van der Waals surface area contributed by atoms with Gasteiger partial charge in [-0.2, -0.15) is 5.10 Å². The van der Waals surface area contributed by atoms with E-state index in [9.17, 15) is 24.0 Å². The molecule has 1 spiro atoms. The molecule has 15 nitrogen and oxygen atoms in total. The van der Waals surface area contributed by atoms with E-state index >= 15 is 0 Å². The van der Waals surface area contributed by atoms with E-state index in [4.69, 9.17) is 9.72 Å². The molecule has 2 aliphatic carbocycles. The van der Waals surface area contributed by atoms with Crippen molar-refractivity contribution < 1.29 is 28.7 Å². The highest BCUT2D eigenvalue weighted by molar-refractivity contribution is 7.18. The molecular weight excluding hydrogens is 771 g/mol. The number of fused-ring (bicyclic) bond motifs is 3. The monoisotopic (exact) mass is 815 g/mol. The second kappa shape index (κ2) is 14.8. The third-order valence-electron chi connectivity index (χ3n) is 13.3. The first-order chi connectivity index (χ1) is 28.6. The first-order valence-corrected chi connectivity index (χ1v) is 21.4. The van der Waals surface area contributed by atoms with E-state index in [-0.39, 0.29) is 30.7 Å². The average molecular weight is 816 g/mol. The van der Waals surface area contributed by atoms with Crippen molar-refractivity contribution in [3.63, 3.8) is 0 Å². The van der Waals surface area contributed by atoms with Crippen LogP contribution in [0.4, 0.5) is 11.4 Å². The summed E-state index contributed by atoms with van der Waals surface area (Å²) in [6.45, 7) is 3.31. The van der Waals surface area contributed by atoms with Crippen LogP contribution in [-0.4, -0.2) is 97.7 Å². The summed E-state index contributed by atoms with van der Waals surface area (Å²) < 4.78 is 8.25. The van der Waals surface area contributed by atoms with Crippen molar-refractivity contribution in [3.05, 3.63) is 76.7 Å². The van der Waals surface area contributed by atoms with Gasteiger partial charge in [-0.3, -0.25) is 34.2 Å². The van der Waals surface area contributed by atoms with E-state index in [0.717, 1.165) is 78.3 Å². The van der Waals surface area contributed by atoms with E-state index in [1.165, 1.54) is 19.0 Å². The van der Waals surface area contributed by atoms with Gasteiger partial charge in [0.1, 0.15) is 17.4 Å². The van der Waals surface area contributed by atoms with Crippen LogP contribution in [0.3, 0.4) is 0 Å². The lowest BCUT2D eigenvalue weighted by Gasteiger charge is -2.53. The first-order valence-electron chi connectivity index (χ1n) is 20.6. The Balaban J connectivity index is 0.704. The van der Waals surface area contributed by atoms with Crippen LogP contribution in [0.2, 0.25) is 0 Å². The molecule has 3 N–H and O–H groups in total. The minimum atomic E-state index is -0.976. The molecule has 1 atom stereocenters. The van der Waals surface area contributed by atoms with Gasteiger partial charge < -0.3 is 20.3 Å². The number of thiazole rings is 1. The lowest BCUT2D eigenvalue weighted by molar-refractivity contribution is -0.136. The number of rotatable bonds is 9. The van der Waals surface area contributed by atoms with E-state index in [1.807, 2.05) is 18.2 Å². The maximum Gasteiger partial charge on any atom is 0.264 e. The molecule has 0 bridgehead atoms. The SMILES string of the molecule is COc1cc2nc(C3CCC(CN4CCC5(CC4)CC(Nc4cccc6c4C(=O)N(C4CCC(=O)NC4=O)C6=O)C5)CC3)sc2cc1NC(=O)c1cnn2cccnc12. The Hall–Kier alpha value is -5.74. The Morgan fingerprint density at radius 1 is 1.00 bits per heavy atom. The van der Waals surface area contributed by atoms with Crippen molar-refractivity contribution in [3.8, 4) is 5.75 Å². The zero-order valence-electron chi connectivity index (χ0n) is 32.7. The maximum absolute atomic E-state index is 13.6. The number of carbonyl (C=O) groups excluding carboxylic acids is 5. The number of nitrogens with one attached hydrogen (secondary N) is 3. The summed E-state index contributed by atoms with van der Waals surface area (Å²) in [6, 6.07) is 10.1. The third-order valence-corrected chi connectivity index (χ3v) is 14.5. The molecule has 5 aromatic rings. The van der Waals surface area contributed by atoms with Gasteiger partial charge in [0.25, 0.3) is 17.7 Å². The molecule has 59 heavy (non-hydrogen) atoms. The zero-order chi connectivity index (χ0) is 40.4. The number of likely N-dealkylation sites (tertiary alicyclic amines) is 1. The number of methoxy groups -OCH3 is 1. The molecule has 304 valence electrons. The van der Waals surface area contributed by atoms with Gasteiger partial charge in [-0.1, -0.05) is 6.07 Å². The number of benzene rings is 2. The van der Waals surface area contributed by atoms with E-state index in [2.05, 4.69) is 30.9 Å². The van der Waals surface area contributed by atoms with Crippen molar-refractivity contribution in [2.75, 3.05) is 37.4 Å². The minimum Gasteiger partial charge on any atom is -0.494 e. The number of amides is 5. The standard InChI is InChI=1S/C43H45N9O6S/c1-58-33-18-31-34(19-30(33)47-38(54)28-22-45-51-15-3-14-44-37(28)51)59-40(48-31)25-8-6-24(7-9-25)23-50-16-12-43(13-17-50)20-26(21-43)46-29-5-2-4-27-36(29)42(57)52(41(27)56)32-10-11-35(53)49-39(32)55/h2-5,14-15,18-19,22,24-26,32,46H,6-13,16-17,20-21,23H2,1H3,(H,47,54)(H,49,53,55). The number of anilines is 2. The van der Waals surface area contributed by atoms with E-state index in [0.29, 0.717) is 56.7 Å². The van der Waals surface area contributed by atoms with Gasteiger partial charge in [0.2, 0.25) is 11.8 Å². The van der Waals surface area contributed by atoms with Crippen molar-refractivity contribution in [1.82, 2.24) is 34.7 Å². The highest BCUT2D eigenvalue weighted by Crippen LogP contribution is 2.51. The van der Waals surface area contributed by atoms with Crippen LogP contribution in [0.5, 0.6) is 5.75 Å². The molecule has 2 saturated carbocycles. The average Bonchev–Trinajstić information content (AvgIpc) is 3.92. The van der Waals surface area contributed by atoms with Crippen LogP contribution in [0.1, 0.15) is 106 Å². The zero-order valence-corrected chi connectivity index (χ0v) is 33.6. The van der Waals surface area contributed by atoms with Crippen LogP contribution < -0.4 is 20.7 Å². The Labute approximate surface area is 343 Å². The largest absolute Gasteiger partial charge is 0.494 e. The maximum atomic E-state index is 13.6. The van der Waals surface area contributed by atoms with Gasteiger partial charge in [-0.15, -0.1) is 11.3 Å². The lowest BCUT2D eigenvalue weighted by atomic mass is 9.60. The van der Waals surface area contributed by atoms with Gasteiger partial charge in [-0.25, -0.2) is 14.5 Å². The number of aromatic nitrogens is 4. The molecule has 2 saturated heterocycles. The molecule has 5 amide bonds. The Morgan fingerprint density at radius 2 is 1.81 bits per heavy atom. The quantitative estimate of drug-likeness (QED) is 0.157. The summed E-state index contributed by atoms with van der Waals surface area (Å²) >= 11 is 1.70. The summed E-state index contributed by atoms with van der Waals surface area (Å²) in [5.41, 5.74) is 3.91. The first kappa shape index (κ1) is 37.5. The molecule has 6 heterocycles. The van der Waals surface area contributed by atoms with Crippen molar-refractivity contribution in [2.45, 2.75) is 82.2 Å². The number of hydrogen-bond donors (Lipinski definition) is 3. The molecular formula is C43H45N9O6S. The van der Waals surface area contributed by atoms with Gasteiger partial charge in [0, 0.05) is 49.1 Å². The number of hydrogen-bond acceptors (Lipinski definition) is 12. The summed E-state index contributed by atoms with van der Waals surface area (Å²) in [6.07, 6.45) is 14.1. The van der Waals surface area contributed by atoms with Gasteiger partial charge in [-0.05, 0) is 106 Å². The molecule has 1 unspecified atom stereocenters. The number of nitrogens with zero attached hydrogens (tertiary/aromatic N) is 6. The number of imide groups is 2. The fraction of sp³-hybridized carbons (Fsp3) is 0.442. The third kappa shape index (κ3) is 6.81. The fourth-order valence-corrected chi connectivity index (χ4v) is 11.3. The Bertz CT molecular complexity index is 2530. The number of piperidine rings is 2. The topological polar surface area (TPSA) is 180 Å². The molecule has 2 aromatic carbocycles. The number of carbonyl (C=O) groups is 5. The van der Waals surface area contributed by atoms with Crippen molar-refractivity contribution >= 4 is 68.1 Å². The Morgan fingerprint density at radius 3 is 2.59 bits per heavy atom. The van der Waals surface area contributed by atoms with Crippen LogP contribution in [-0.2, 0) is 9.59 Å². The molecule has 4 fully saturated rings. The van der Waals surface area contributed by atoms with Crippen molar-refractivity contribution in [1.29, 1.82) is 0 Å². The lowest BCUT2D eigenvalue weighted by Crippen LogP contribution is -2.54. The number of ether oxygens (including phenoxy) is 1. The Kier molecular flexibility index (Phi) is 9.43. The predicted octanol–water partition coefficient (Wildman–Crippen LogP) is 5.63. The van der Waals surface area contributed by atoms with Crippen LogP contribution >= 0.6 is 11.3 Å². The van der Waals surface area contributed by atoms with Gasteiger partial charge >= 0.3 is 0 Å². The summed E-state index contributed by atoms with van der Waals surface area (Å²) in [7, 11) is 1.60. The second-order valence-electron chi connectivity index (χ2n) is 16.9. The van der Waals surface area contributed by atoms with Crippen LogP contribution in [0.15, 0.2) is 55.0 Å². The molecule has 0 radical (unpaired) electrons. The smallest absolute Gasteiger partial charge is 0.264 e. The summed E-state index contributed by atoms with van der Waals surface area (Å²) in [4.78, 5) is 77.3. The predicted molar refractivity (Wildman–Crippen MR) is 220 cm³/mol. The normalized spacial score (nSPS) is 23.4. The molecule has 3 aliphatic heterocycles. The molecule has 3 aromatic heterocycles. The summed E-state index contributed by atoms with van der Waals surface area (Å²) in [5.74, 6) is -0.605. The van der Waals surface area contributed by atoms with Crippen LogP contribution in [0, 0.1) is 11.3 Å². The minimum absolute atomic E-state index is 0.0947. The van der Waals surface area contributed by atoms with Gasteiger partial charge in [0.05, 0.1) is 45.3 Å². The van der Waals surface area contributed by atoms with Crippen molar-refractivity contribution in [2.24, 2.45) is 11.3 Å². The fourth-order valence-electron chi connectivity index (χ4n) is 10.1. The van der Waals surface area contributed by atoms with Gasteiger partial charge in [0.15, 0.2) is 5.65 Å². The van der Waals surface area contributed by atoms with E-state index < -0.39 is 23.8 Å². The van der Waals surface area contributed by atoms with E-state index in [1.54, 1.807) is 53.6 Å². The molecule has 10 rings (SSSR count). The summed E-state index contributed by atoms with van der Waals surface area (Å²) in [5, 5.41) is 14.2. The molecule has 5 aliphatic rings.